The van der Waals surface area contributed by atoms with E-state index < -0.39 is 0 Å². The third-order valence-corrected chi connectivity index (χ3v) is 1.59. The van der Waals surface area contributed by atoms with Crippen LogP contribution in [0.4, 0.5) is 0 Å². The first-order valence-corrected chi connectivity index (χ1v) is 3.88. The maximum atomic E-state index is 3.07. The molecule has 1 rings (SSSR count). The van der Waals surface area contributed by atoms with Crippen molar-refractivity contribution in [1.29, 1.82) is 0 Å². The Labute approximate surface area is 62.9 Å². The topological polar surface area (TPSA) is 0 Å². The van der Waals surface area contributed by atoms with Crippen LogP contribution >= 0.6 is 0 Å². The van der Waals surface area contributed by atoms with Gasteiger partial charge in [0.05, 0.1) is 11.6 Å². The van der Waals surface area contributed by atoms with Gasteiger partial charge in [0.2, 0.25) is 0 Å². The summed E-state index contributed by atoms with van der Waals surface area (Å²) >= 11 is 0. The predicted octanol–water partition coefficient (Wildman–Crippen LogP) is 3.03. The van der Waals surface area contributed by atoms with Crippen molar-refractivity contribution < 1.29 is 0 Å². The minimum Gasteiger partial charge on any atom is -0.0653 e. The second-order valence-corrected chi connectivity index (χ2v) is 2.52. The minimum atomic E-state index is 1.20. The molecule has 0 aromatic carbocycles. The average molecular weight is 133 g/mol. The molecule has 0 N–H and O–H groups in total. The monoisotopic (exact) mass is 133 g/mol. The molecule has 0 bridgehead atoms. The van der Waals surface area contributed by atoms with Gasteiger partial charge in [-0.3, -0.25) is 0 Å². The lowest BCUT2D eigenvalue weighted by Crippen LogP contribution is -1.81. The van der Waals surface area contributed by atoms with E-state index in [2.05, 4.69) is 24.8 Å². The van der Waals surface area contributed by atoms with E-state index in [1.807, 2.05) is 12.5 Å². The molecule has 0 radical (unpaired) electrons. The van der Waals surface area contributed by atoms with Gasteiger partial charge in [0.15, 0.2) is 0 Å². The van der Waals surface area contributed by atoms with E-state index >= 15 is 0 Å². The average Bonchev–Trinajstić information content (AvgIpc) is 2.03. The quantitative estimate of drug-likeness (QED) is 0.410. The molecular formula is C10H13+. The van der Waals surface area contributed by atoms with Crippen LogP contribution in [0, 0.1) is 6.42 Å². The van der Waals surface area contributed by atoms with Gasteiger partial charge in [-0.1, -0.05) is 13.3 Å². The molecule has 0 heteroatoms. The fourth-order valence-corrected chi connectivity index (χ4v) is 0.967. The summed E-state index contributed by atoms with van der Waals surface area (Å²) in [6.07, 6.45) is 12.0. The smallest absolute Gasteiger partial charge is 0.0653 e. The molecule has 1 aliphatic carbocycles. The number of hydrogen-bond donors (Lipinski definition) is 0. The van der Waals surface area contributed by atoms with E-state index in [-0.39, 0.29) is 0 Å². The van der Waals surface area contributed by atoms with Gasteiger partial charge in [-0.05, 0) is 6.42 Å². The molecule has 0 amide bonds. The molecule has 0 heterocycles. The van der Waals surface area contributed by atoms with Crippen LogP contribution in [0.25, 0.3) is 0 Å². The van der Waals surface area contributed by atoms with Crippen molar-refractivity contribution in [2.24, 2.45) is 0 Å². The van der Waals surface area contributed by atoms with Gasteiger partial charge in [-0.15, -0.1) is 0 Å². The summed E-state index contributed by atoms with van der Waals surface area (Å²) in [4.78, 5) is 0. The van der Waals surface area contributed by atoms with Gasteiger partial charge >= 0.3 is 0 Å². The standard InChI is InChI=1S/C10H13/c1-2-3-7-10-8-5-4-6-9-10/h4-5,8-9H,2-3,7H2,1H3/q+1. The molecule has 0 aromatic rings. The Morgan fingerprint density at radius 1 is 1.60 bits per heavy atom. The first-order chi connectivity index (χ1) is 4.93. The van der Waals surface area contributed by atoms with E-state index in [4.69, 9.17) is 0 Å². The Bertz CT molecular complexity index is 178. The summed E-state index contributed by atoms with van der Waals surface area (Å²) < 4.78 is 0. The van der Waals surface area contributed by atoms with E-state index in [1.165, 1.54) is 24.8 Å². The van der Waals surface area contributed by atoms with Crippen molar-refractivity contribution in [3.05, 3.63) is 36.0 Å². The van der Waals surface area contributed by atoms with Crippen LogP contribution in [0.3, 0.4) is 0 Å². The molecule has 0 aliphatic heterocycles. The molecule has 0 saturated heterocycles. The summed E-state index contributed by atoms with van der Waals surface area (Å²) in [5.41, 5.74) is 4.48. The van der Waals surface area contributed by atoms with Gasteiger partial charge in [0, 0.05) is 18.6 Å². The fraction of sp³-hybridized carbons (Fsp3) is 0.400. The predicted molar refractivity (Wildman–Crippen MR) is 44.6 cm³/mol. The molecule has 0 fully saturated rings. The lowest BCUT2D eigenvalue weighted by Gasteiger charge is -1.92. The van der Waals surface area contributed by atoms with Gasteiger partial charge in [0.25, 0.3) is 0 Å². The summed E-state index contributed by atoms with van der Waals surface area (Å²) in [6, 6.07) is 0. The van der Waals surface area contributed by atoms with Gasteiger partial charge in [0.1, 0.15) is 12.2 Å². The fourth-order valence-electron chi connectivity index (χ4n) is 0.967. The minimum absolute atomic E-state index is 1.20. The molecule has 0 atom stereocenters. The lowest BCUT2D eigenvalue weighted by atomic mass is 10.1. The molecule has 0 spiro atoms. The van der Waals surface area contributed by atoms with Crippen LogP contribution in [-0.4, -0.2) is 0 Å². The molecule has 0 aromatic heterocycles. The molecule has 52 valence electrons. The van der Waals surface area contributed by atoms with Crippen LogP contribution in [0.15, 0.2) is 29.5 Å². The molecular weight excluding hydrogens is 120 g/mol. The van der Waals surface area contributed by atoms with Crippen molar-refractivity contribution in [3.8, 4) is 0 Å². The summed E-state index contributed by atoms with van der Waals surface area (Å²) in [5.74, 6) is 0. The Morgan fingerprint density at radius 3 is 3.10 bits per heavy atom. The van der Waals surface area contributed by atoms with Crippen molar-refractivity contribution in [2.45, 2.75) is 26.2 Å². The highest BCUT2D eigenvalue weighted by Gasteiger charge is 2.00. The highest BCUT2D eigenvalue weighted by molar-refractivity contribution is 5.29. The van der Waals surface area contributed by atoms with E-state index in [9.17, 15) is 0 Å². The van der Waals surface area contributed by atoms with Crippen molar-refractivity contribution in [1.82, 2.24) is 0 Å². The van der Waals surface area contributed by atoms with E-state index in [0.717, 1.165) is 0 Å². The third-order valence-electron chi connectivity index (χ3n) is 1.59. The number of rotatable bonds is 3. The van der Waals surface area contributed by atoms with Crippen LogP contribution in [0.1, 0.15) is 26.2 Å². The summed E-state index contributed by atoms with van der Waals surface area (Å²) in [6.45, 7) is 2.21. The van der Waals surface area contributed by atoms with Crippen molar-refractivity contribution in [3.63, 3.8) is 0 Å². The first kappa shape index (κ1) is 7.24. The molecule has 0 nitrogen and oxygen atoms in total. The van der Waals surface area contributed by atoms with Gasteiger partial charge in [-0.2, -0.15) is 0 Å². The maximum absolute atomic E-state index is 3.07. The van der Waals surface area contributed by atoms with Crippen LogP contribution < -0.4 is 0 Å². The molecule has 0 unspecified atom stereocenters. The highest BCUT2D eigenvalue weighted by Crippen LogP contribution is 2.11. The Kier molecular flexibility index (Phi) is 2.92. The lowest BCUT2D eigenvalue weighted by molar-refractivity contribution is 0.797. The molecule has 1 aliphatic rings. The van der Waals surface area contributed by atoms with E-state index in [1.54, 1.807) is 0 Å². The number of hydrogen-bond acceptors (Lipinski definition) is 0. The Balaban J connectivity index is 2.34. The summed E-state index contributed by atoms with van der Waals surface area (Å²) in [7, 11) is 0. The van der Waals surface area contributed by atoms with E-state index in [0.29, 0.717) is 0 Å². The molecule has 10 heavy (non-hydrogen) atoms. The number of allylic oxidation sites excluding steroid dienone is 3. The normalized spacial score (nSPS) is 14.7. The Morgan fingerprint density at radius 2 is 2.50 bits per heavy atom. The third kappa shape index (κ3) is 2.16. The highest BCUT2D eigenvalue weighted by atomic mass is 14.0. The Hall–Kier alpha value is -0.870. The largest absolute Gasteiger partial charge is 0.106 e. The number of unbranched alkanes of at least 4 members (excludes halogenated alkanes) is 1. The van der Waals surface area contributed by atoms with Crippen LogP contribution in [-0.2, 0) is 0 Å². The zero-order valence-electron chi connectivity index (χ0n) is 6.43. The second kappa shape index (κ2) is 4.03. The SMILES string of the molecule is CCCCC1=C[CH+]C=C=C1. The zero-order valence-corrected chi connectivity index (χ0v) is 6.43. The van der Waals surface area contributed by atoms with Crippen LogP contribution in [0.2, 0.25) is 0 Å². The maximum Gasteiger partial charge on any atom is 0.106 e. The zero-order chi connectivity index (χ0) is 7.23. The second-order valence-electron chi connectivity index (χ2n) is 2.52. The van der Waals surface area contributed by atoms with Crippen molar-refractivity contribution in [2.75, 3.05) is 0 Å². The van der Waals surface area contributed by atoms with Gasteiger partial charge in [-0.25, -0.2) is 0 Å². The van der Waals surface area contributed by atoms with Crippen LogP contribution in [0.5, 0.6) is 0 Å². The van der Waals surface area contributed by atoms with Gasteiger partial charge < -0.3 is 0 Å². The first-order valence-electron chi connectivity index (χ1n) is 3.88. The molecule has 0 saturated carbocycles. The van der Waals surface area contributed by atoms with Crippen molar-refractivity contribution >= 4 is 0 Å². The summed E-state index contributed by atoms with van der Waals surface area (Å²) in [5, 5.41) is 0.